The predicted molar refractivity (Wildman–Crippen MR) is 101 cm³/mol. The van der Waals surface area contributed by atoms with Crippen LogP contribution in [0.4, 0.5) is 0 Å². The lowest BCUT2D eigenvalue weighted by Crippen LogP contribution is -2.07. The Morgan fingerprint density at radius 1 is 0.960 bits per heavy atom. The molecule has 0 bridgehead atoms. The zero-order valence-electron chi connectivity index (χ0n) is 14.2. The number of benzene rings is 2. The maximum absolute atomic E-state index is 11.0. The van der Waals surface area contributed by atoms with Crippen LogP contribution in [0, 0.1) is 0 Å². The van der Waals surface area contributed by atoms with Gasteiger partial charge < -0.3 is 9.84 Å². The summed E-state index contributed by atoms with van der Waals surface area (Å²) in [5, 5.41) is 7.60. The van der Waals surface area contributed by atoms with E-state index in [2.05, 4.69) is 19.7 Å². The van der Waals surface area contributed by atoms with Gasteiger partial charge in [-0.05, 0) is 24.6 Å². The normalized spacial score (nSPS) is 8.36. The van der Waals surface area contributed by atoms with Gasteiger partial charge in [0.15, 0.2) is 0 Å². The molecule has 0 fully saturated rings. The Hall–Kier alpha value is -3.40. The Bertz CT molecular complexity index is 688. The predicted octanol–water partition coefficient (Wildman–Crippen LogP) is 4.75. The van der Waals surface area contributed by atoms with E-state index in [4.69, 9.17) is 9.84 Å². The van der Waals surface area contributed by atoms with Crippen molar-refractivity contribution >= 4 is 18.0 Å². The van der Waals surface area contributed by atoms with Gasteiger partial charge in [0.25, 0.3) is 0 Å². The summed E-state index contributed by atoms with van der Waals surface area (Å²) < 4.78 is 4.94. The van der Waals surface area contributed by atoms with Gasteiger partial charge in [0, 0.05) is 11.6 Å². The standard InChI is InChI=1S/C10H10O2.C8H8.C3H4O2/c1-8(2)10(11)12-9-6-4-3-5-7-9;1-2-8-6-4-3-5-7-8;1-2-3(4)5/h3-7H,1H2,2H3;2-7H,1H2;2H,1H2,(H,4,5). The second kappa shape index (κ2) is 13.1. The van der Waals surface area contributed by atoms with E-state index >= 15 is 0 Å². The monoisotopic (exact) mass is 338 g/mol. The molecule has 0 spiro atoms. The number of carboxylic acids is 1. The number of hydrogen-bond donors (Lipinski definition) is 1. The van der Waals surface area contributed by atoms with Crippen LogP contribution in [0.25, 0.3) is 6.08 Å². The fourth-order valence-corrected chi connectivity index (χ4v) is 1.27. The molecule has 0 aliphatic rings. The number of esters is 1. The fraction of sp³-hybridized carbons (Fsp3) is 0.0476. The van der Waals surface area contributed by atoms with Crippen LogP contribution in [0.2, 0.25) is 0 Å². The molecule has 0 unspecified atom stereocenters. The van der Waals surface area contributed by atoms with Crippen molar-refractivity contribution in [3.05, 3.63) is 97.6 Å². The number of carbonyl (C=O) groups excluding carboxylic acids is 1. The van der Waals surface area contributed by atoms with Crippen molar-refractivity contribution in [1.29, 1.82) is 0 Å². The second-order valence-corrected chi connectivity index (χ2v) is 4.64. The van der Waals surface area contributed by atoms with Gasteiger partial charge in [-0.15, -0.1) is 0 Å². The van der Waals surface area contributed by atoms with E-state index in [1.165, 1.54) is 5.56 Å². The van der Waals surface area contributed by atoms with E-state index < -0.39 is 5.97 Å². The first-order valence-electron chi connectivity index (χ1n) is 7.36. The third kappa shape index (κ3) is 11.8. The molecule has 25 heavy (non-hydrogen) atoms. The molecule has 0 heterocycles. The number of aliphatic carboxylic acids is 1. The molecule has 0 atom stereocenters. The molecule has 2 rings (SSSR count). The molecule has 0 saturated carbocycles. The van der Waals surface area contributed by atoms with Gasteiger partial charge in [0.05, 0.1) is 0 Å². The van der Waals surface area contributed by atoms with E-state index in [0.717, 1.165) is 6.08 Å². The summed E-state index contributed by atoms with van der Waals surface area (Å²) >= 11 is 0. The second-order valence-electron chi connectivity index (χ2n) is 4.64. The van der Waals surface area contributed by atoms with Crippen molar-refractivity contribution in [1.82, 2.24) is 0 Å². The van der Waals surface area contributed by atoms with Crippen LogP contribution in [-0.4, -0.2) is 17.0 Å². The summed E-state index contributed by atoms with van der Waals surface area (Å²) in [5.41, 5.74) is 1.58. The van der Waals surface area contributed by atoms with Gasteiger partial charge in [-0.3, -0.25) is 0 Å². The highest BCUT2D eigenvalue weighted by Crippen LogP contribution is 2.09. The minimum atomic E-state index is -0.981. The maximum Gasteiger partial charge on any atom is 0.338 e. The number of hydrogen-bond acceptors (Lipinski definition) is 3. The molecular weight excluding hydrogens is 316 g/mol. The van der Waals surface area contributed by atoms with Gasteiger partial charge in [-0.25, -0.2) is 9.59 Å². The van der Waals surface area contributed by atoms with Crippen LogP contribution in [0.15, 0.2) is 92.0 Å². The highest BCUT2D eigenvalue weighted by atomic mass is 16.5. The summed E-state index contributed by atoms with van der Waals surface area (Å²) in [7, 11) is 0. The Kier molecular flexibility index (Phi) is 11.3. The van der Waals surface area contributed by atoms with Crippen LogP contribution < -0.4 is 4.74 Å². The summed E-state index contributed by atoms with van der Waals surface area (Å²) in [4.78, 5) is 20.2. The lowest BCUT2D eigenvalue weighted by atomic mass is 10.2. The van der Waals surface area contributed by atoms with E-state index in [1.54, 1.807) is 31.2 Å². The third-order valence-electron chi connectivity index (χ3n) is 2.51. The van der Waals surface area contributed by atoms with Crippen LogP contribution in [0.3, 0.4) is 0 Å². The van der Waals surface area contributed by atoms with Gasteiger partial charge in [-0.1, -0.05) is 74.3 Å². The maximum atomic E-state index is 11.0. The Balaban J connectivity index is 0.000000382. The highest BCUT2D eigenvalue weighted by molar-refractivity contribution is 5.88. The lowest BCUT2D eigenvalue weighted by Gasteiger charge is -2.01. The van der Waals surface area contributed by atoms with Gasteiger partial charge in [0.1, 0.15) is 5.75 Å². The number of ether oxygens (including phenoxy) is 1. The molecule has 2 aromatic rings. The van der Waals surface area contributed by atoms with Crippen LogP contribution in [0.1, 0.15) is 12.5 Å². The minimum absolute atomic E-state index is 0.388. The molecule has 4 nitrogen and oxygen atoms in total. The first-order chi connectivity index (χ1) is 11.9. The molecule has 0 radical (unpaired) electrons. The fourth-order valence-electron chi connectivity index (χ4n) is 1.27. The molecule has 0 aromatic heterocycles. The van der Waals surface area contributed by atoms with E-state index in [0.29, 0.717) is 11.3 Å². The van der Waals surface area contributed by atoms with Crippen molar-refractivity contribution in [3.8, 4) is 5.75 Å². The van der Waals surface area contributed by atoms with Crippen LogP contribution >= 0.6 is 0 Å². The van der Waals surface area contributed by atoms with Crippen molar-refractivity contribution < 1.29 is 19.4 Å². The summed E-state index contributed by atoms with van der Waals surface area (Å²) in [6, 6.07) is 18.9. The first-order valence-corrected chi connectivity index (χ1v) is 7.36. The number of carbonyl (C=O) groups is 2. The number of carboxylic acid groups (broad SMARTS) is 1. The molecule has 1 N–H and O–H groups in total. The van der Waals surface area contributed by atoms with E-state index in [1.807, 2.05) is 42.5 Å². The van der Waals surface area contributed by atoms with Crippen molar-refractivity contribution in [2.24, 2.45) is 0 Å². The topological polar surface area (TPSA) is 63.6 Å². The quantitative estimate of drug-likeness (QED) is 0.496. The Labute approximate surface area is 148 Å². The molecule has 0 aliphatic heterocycles. The largest absolute Gasteiger partial charge is 0.478 e. The molecule has 4 heteroatoms. The zero-order valence-corrected chi connectivity index (χ0v) is 14.2. The summed E-state index contributed by atoms with van der Waals surface area (Å²) in [6.07, 6.45) is 2.67. The van der Waals surface area contributed by atoms with Crippen molar-refractivity contribution in [2.45, 2.75) is 6.92 Å². The zero-order chi connectivity index (χ0) is 19.1. The van der Waals surface area contributed by atoms with Crippen molar-refractivity contribution in [2.75, 3.05) is 0 Å². The Morgan fingerprint density at radius 2 is 1.40 bits per heavy atom. The first kappa shape index (κ1) is 21.6. The molecule has 130 valence electrons. The van der Waals surface area contributed by atoms with Gasteiger partial charge in [-0.2, -0.15) is 0 Å². The number of rotatable bonds is 4. The average molecular weight is 338 g/mol. The Morgan fingerprint density at radius 3 is 1.72 bits per heavy atom. The van der Waals surface area contributed by atoms with Crippen molar-refractivity contribution in [3.63, 3.8) is 0 Å². The number of para-hydroxylation sites is 1. The smallest absolute Gasteiger partial charge is 0.338 e. The molecular formula is C21H22O4. The van der Waals surface area contributed by atoms with Gasteiger partial charge in [0.2, 0.25) is 0 Å². The summed E-state index contributed by atoms with van der Waals surface area (Å²) in [6.45, 7) is 11.7. The third-order valence-corrected chi connectivity index (χ3v) is 2.51. The molecule has 0 aliphatic carbocycles. The van der Waals surface area contributed by atoms with Crippen LogP contribution in [0.5, 0.6) is 5.75 Å². The molecule has 0 saturated heterocycles. The van der Waals surface area contributed by atoms with E-state index in [-0.39, 0.29) is 5.97 Å². The lowest BCUT2D eigenvalue weighted by molar-refractivity contribution is -0.131. The molecule has 0 amide bonds. The van der Waals surface area contributed by atoms with Gasteiger partial charge >= 0.3 is 11.9 Å². The summed E-state index contributed by atoms with van der Waals surface area (Å²) in [5.74, 6) is -0.822. The van der Waals surface area contributed by atoms with Crippen LogP contribution in [-0.2, 0) is 9.59 Å². The molecule has 2 aromatic carbocycles. The van der Waals surface area contributed by atoms with E-state index in [9.17, 15) is 9.59 Å². The minimum Gasteiger partial charge on any atom is -0.478 e. The highest BCUT2D eigenvalue weighted by Gasteiger charge is 2.03. The SMILES string of the molecule is C=C(C)C(=O)Oc1ccccc1.C=CC(=O)O.C=Cc1ccccc1. The average Bonchev–Trinajstić information content (AvgIpc) is 2.64.